The van der Waals surface area contributed by atoms with Crippen LogP contribution in [0.4, 0.5) is 5.82 Å². The second-order valence-corrected chi connectivity index (χ2v) is 8.69. The topological polar surface area (TPSA) is 117 Å². The molecule has 3 N–H and O–H groups in total. The van der Waals surface area contributed by atoms with E-state index in [1.807, 2.05) is 42.5 Å². The van der Waals surface area contributed by atoms with E-state index in [1.54, 1.807) is 36.0 Å². The van der Waals surface area contributed by atoms with Crippen LogP contribution in [-0.2, 0) is 0 Å². The number of rotatable bonds is 5. The Hall–Kier alpha value is -4.18. The zero-order valence-corrected chi connectivity index (χ0v) is 20.5. The zero-order valence-electron chi connectivity index (χ0n) is 18.9. The van der Waals surface area contributed by atoms with Gasteiger partial charge in [-0.05, 0) is 47.1 Å². The van der Waals surface area contributed by atoms with Gasteiger partial charge < -0.3 is 15.8 Å². The highest BCUT2D eigenvalue weighted by molar-refractivity contribution is 9.10. The molecule has 0 saturated carbocycles. The number of carbonyl (C=O) groups is 1. The molecule has 0 spiro atoms. The van der Waals surface area contributed by atoms with E-state index in [0.29, 0.717) is 38.0 Å². The summed E-state index contributed by atoms with van der Waals surface area (Å²) in [6.07, 6.45) is 3.23. The van der Waals surface area contributed by atoms with Crippen LogP contribution in [0.2, 0.25) is 0 Å². The molecule has 0 radical (unpaired) electrons. The maximum absolute atomic E-state index is 13.8. The standard InChI is InChI=1S/C25H21BrN6O3/c1-14(29-24(33)19-22(27)30-31-13-7-12-28-23(19)31)21-20(26)16-10-6-11-17(35-2)18(16)25(34)32(21)15-8-4-3-5-9-15/h3-14H,1-2H3,(H2,27,30)(H,29,33)/t14-/m0/s1. The molecule has 5 rings (SSSR count). The van der Waals surface area contributed by atoms with E-state index >= 15 is 0 Å². The van der Waals surface area contributed by atoms with Crippen LogP contribution in [0.25, 0.3) is 22.1 Å². The first-order chi connectivity index (χ1) is 16.9. The summed E-state index contributed by atoms with van der Waals surface area (Å²) >= 11 is 3.70. The number of pyridine rings is 1. The first kappa shape index (κ1) is 22.6. The van der Waals surface area contributed by atoms with Gasteiger partial charge in [0.1, 0.15) is 11.3 Å². The van der Waals surface area contributed by atoms with Crippen molar-refractivity contribution in [1.29, 1.82) is 0 Å². The molecule has 10 heteroatoms. The van der Waals surface area contributed by atoms with Crippen LogP contribution in [-0.4, -0.2) is 32.2 Å². The highest BCUT2D eigenvalue weighted by Crippen LogP contribution is 2.35. The maximum atomic E-state index is 13.8. The normalized spacial score (nSPS) is 12.1. The van der Waals surface area contributed by atoms with Gasteiger partial charge in [-0.25, -0.2) is 9.50 Å². The number of hydrogen-bond acceptors (Lipinski definition) is 6. The number of amides is 1. The van der Waals surface area contributed by atoms with Crippen LogP contribution in [0.15, 0.2) is 76.3 Å². The molecule has 0 bridgehead atoms. The number of nitrogen functional groups attached to an aromatic ring is 1. The number of halogens is 1. The van der Waals surface area contributed by atoms with Crippen LogP contribution in [0.1, 0.15) is 29.0 Å². The quantitative estimate of drug-likeness (QED) is 0.354. The number of nitrogens with one attached hydrogen (secondary N) is 1. The zero-order chi connectivity index (χ0) is 24.7. The second kappa shape index (κ2) is 8.88. The second-order valence-electron chi connectivity index (χ2n) is 7.90. The Kier molecular flexibility index (Phi) is 5.73. The summed E-state index contributed by atoms with van der Waals surface area (Å²) in [4.78, 5) is 31.4. The minimum Gasteiger partial charge on any atom is -0.496 e. The molecule has 35 heavy (non-hydrogen) atoms. The molecule has 0 aliphatic carbocycles. The number of nitrogens with two attached hydrogens (primary N) is 1. The van der Waals surface area contributed by atoms with Gasteiger partial charge in [-0.15, -0.1) is 5.10 Å². The molecule has 2 aromatic carbocycles. The maximum Gasteiger partial charge on any atom is 0.267 e. The lowest BCUT2D eigenvalue weighted by atomic mass is 10.1. The van der Waals surface area contributed by atoms with Gasteiger partial charge in [0.05, 0.1) is 24.2 Å². The molecule has 0 fully saturated rings. The third kappa shape index (κ3) is 3.71. The van der Waals surface area contributed by atoms with Crippen molar-refractivity contribution in [1.82, 2.24) is 24.5 Å². The monoisotopic (exact) mass is 532 g/mol. The summed E-state index contributed by atoms with van der Waals surface area (Å²) in [5, 5.41) is 8.24. The van der Waals surface area contributed by atoms with Gasteiger partial charge in [0.2, 0.25) is 0 Å². The molecule has 176 valence electrons. The van der Waals surface area contributed by atoms with Gasteiger partial charge in [-0.3, -0.25) is 14.2 Å². The van der Waals surface area contributed by atoms with Gasteiger partial charge in [-0.1, -0.05) is 30.3 Å². The molecule has 9 nitrogen and oxygen atoms in total. The number of carbonyl (C=O) groups excluding carboxylic acids is 1. The SMILES string of the molecule is COc1cccc2c(Br)c([C@H](C)NC(=O)c3c(N)nn4cccnc34)n(-c3ccccc3)c(=O)c12. The third-order valence-electron chi connectivity index (χ3n) is 5.79. The number of fused-ring (bicyclic) bond motifs is 2. The molecule has 3 aromatic heterocycles. The highest BCUT2D eigenvalue weighted by Gasteiger charge is 2.26. The molecule has 0 aliphatic heterocycles. The van der Waals surface area contributed by atoms with E-state index in [9.17, 15) is 9.59 Å². The first-order valence-corrected chi connectivity index (χ1v) is 11.6. The minimum atomic E-state index is -0.599. The Morgan fingerprint density at radius 2 is 1.91 bits per heavy atom. The Balaban J connectivity index is 1.69. The molecule has 3 heterocycles. The number of ether oxygens (including phenoxy) is 1. The van der Waals surface area contributed by atoms with E-state index in [0.717, 1.165) is 0 Å². The van der Waals surface area contributed by atoms with E-state index in [1.165, 1.54) is 11.6 Å². The lowest BCUT2D eigenvalue weighted by Gasteiger charge is -2.23. The van der Waals surface area contributed by atoms with Crippen LogP contribution < -0.4 is 21.3 Å². The molecule has 0 aliphatic rings. The van der Waals surface area contributed by atoms with Crippen molar-refractivity contribution in [2.45, 2.75) is 13.0 Å². The van der Waals surface area contributed by atoms with Crippen LogP contribution >= 0.6 is 15.9 Å². The van der Waals surface area contributed by atoms with Gasteiger partial charge in [0.25, 0.3) is 11.5 Å². The first-order valence-electron chi connectivity index (χ1n) is 10.8. The van der Waals surface area contributed by atoms with E-state index < -0.39 is 11.9 Å². The number of hydrogen-bond donors (Lipinski definition) is 2. The van der Waals surface area contributed by atoms with Gasteiger partial charge in [0, 0.05) is 27.9 Å². The highest BCUT2D eigenvalue weighted by atomic mass is 79.9. The van der Waals surface area contributed by atoms with Gasteiger partial charge in [0.15, 0.2) is 11.5 Å². The van der Waals surface area contributed by atoms with Crippen molar-refractivity contribution < 1.29 is 9.53 Å². The number of methoxy groups -OCH3 is 1. The van der Waals surface area contributed by atoms with Crippen molar-refractivity contribution in [3.8, 4) is 11.4 Å². The van der Waals surface area contributed by atoms with E-state index in [-0.39, 0.29) is 16.9 Å². The summed E-state index contributed by atoms with van der Waals surface area (Å²) in [5.41, 5.74) is 7.51. The number of benzene rings is 2. The van der Waals surface area contributed by atoms with Gasteiger partial charge in [-0.2, -0.15) is 0 Å². The van der Waals surface area contributed by atoms with E-state index in [4.69, 9.17) is 10.5 Å². The average Bonchev–Trinajstić information content (AvgIpc) is 3.21. The van der Waals surface area contributed by atoms with E-state index in [2.05, 4.69) is 31.3 Å². The largest absolute Gasteiger partial charge is 0.496 e. The third-order valence-corrected chi connectivity index (χ3v) is 6.62. The fraction of sp³-hybridized carbons (Fsp3) is 0.120. The Morgan fingerprint density at radius 1 is 1.14 bits per heavy atom. The Morgan fingerprint density at radius 3 is 2.66 bits per heavy atom. The number of anilines is 1. The lowest BCUT2D eigenvalue weighted by Crippen LogP contribution is -2.33. The molecule has 1 amide bonds. The molecule has 0 saturated heterocycles. The average molecular weight is 533 g/mol. The summed E-state index contributed by atoms with van der Waals surface area (Å²) < 4.78 is 9.18. The predicted octanol–water partition coefficient (Wildman–Crippen LogP) is 3.88. The summed E-state index contributed by atoms with van der Waals surface area (Å²) in [6, 6.07) is 15.7. The number of aromatic nitrogens is 4. The molecule has 1 atom stereocenters. The molecule has 0 unspecified atom stereocenters. The minimum absolute atomic E-state index is 0.0659. The summed E-state index contributed by atoms with van der Waals surface area (Å²) in [7, 11) is 1.53. The van der Waals surface area contributed by atoms with Gasteiger partial charge >= 0.3 is 0 Å². The van der Waals surface area contributed by atoms with Crippen LogP contribution in [0, 0.1) is 0 Å². The van der Waals surface area contributed by atoms with Crippen molar-refractivity contribution in [2.75, 3.05) is 12.8 Å². The van der Waals surface area contributed by atoms with Crippen molar-refractivity contribution in [2.24, 2.45) is 0 Å². The summed E-state index contributed by atoms with van der Waals surface area (Å²) in [5.74, 6) is 0.0795. The molecular weight excluding hydrogens is 512 g/mol. The summed E-state index contributed by atoms with van der Waals surface area (Å²) in [6.45, 7) is 1.80. The predicted molar refractivity (Wildman–Crippen MR) is 137 cm³/mol. The Bertz CT molecular complexity index is 1640. The van der Waals surface area contributed by atoms with Crippen molar-refractivity contribution in [3.05, 3.63) is 93.1 Å². The molecular formula is C25H21BrN6O3. The van der Waals surface area contributed by atoms with Crippen molar-refractivity contribution in [3.63, 3.8) is 0 Å². The fourth-order valence-electron chi connectivity index (χ4n) is 4.24. The number of para-hydroxylation sites is 1. The van der Waals surface area contributed by atoms with Crippen LogP contribution in [0.5, 0.6) is 5.75 Å². The van der Waals surface area contributed by atoms with Crippen LogP contribution in [0.3, 0.4) is 0 Å². The molecule has 5 aromatic rings. The fourth-order valence-corrected chi connectivity index (χ4v) is 5.09. The number of nitrogens with zero attached hydrogens (tertiary/aromatic N) is 4. The smallest absolute Gasteiger partial charge is 0.267 e. The Labute approximate surface area is 208 Å². The van der Waals surface area contributed by atoms with Crippen molar-refractivity contribution >= 4 is 44.1 Å². The lowest BCUT2D eigenvalue weighted by molar-refractivity contribution is 0.0941.